The number of piperidine rings is 1. The summed E-state index contributed by atoms with van der Waals surface area (Å²) in [4.78, 5) is 24.3. The zero-order valence-corrected chi connectivity index (χ0v) is 16.9. The molecule has 0 radical (unpaired) electrons. The van der Waals surface area contributed by atoms with Crippen LogP contribution in [-0.4, -0.2) is 50.3 Å². The van der Waals surface area contributed by atoms with Crippen LogP contribution in [0.2, 0.25) is 0 Å². The predicted molar refractivity (Wildman–Crippen MR) is 102 cm³/mol. The summed E-state index contributed by atoms with van der Waals surface area (Å²) in [5.41, 5.74) is -0.0484. The molecule has 0 aromatic heterocycles. The Labute approximate surface area is 161 Å². The molecule has 1 amide bonds. The Hall–Kier alpha value is -1.93. The van der Waals surface area contributed by atoms with Crippen LogP contribution >= 0.6 is 0 Å². The molecule has 1 heterocycles. The summed E-state index contributed by atoms with van der Waals surface area (Å²) in [6.07, 6.45) is 2.61. The number of hydrogen-bond acceptors (Lipinski definition) is 5. The Balaban J connectivity index is 2.10. The van der Waals surface area contributed by atoms with E-state index in [0.717, 1.165) is 19.3 Å². The lowest BCUT2D eigenvalue weighted by molar-refractivity contribution is -0.125. The van der Waals surface area contributed by atoms with Gasteiger partial charge in [-0.2, -0.15) is 4.31 Å². The lowest BCUT2D eigenvalue weighted by Gasteiger charge is -2.26. The summed E-state index contributed by atoms with van der Waals surface area (Å²) < 4.78 is 32.3. The van der Waals surface area contributed by atoms with E-state index in [1.807, 2.05) is 20.8 Å². The highest BCUT2D eigenvalue weighted by atomic mass is 32.2. The van der Waals surface area contributed by atoms with E-state index in [1.165, 1.54) is 16.4 Å². The number of carbonyl (C=O) groups is 2. The van der Waals surface area contributed by atoms with Crippen LogP contribution in [0.5, 0.6) is 0 Å². The van der Waals surface area contributed by atoms with Crippen molar-refractivity contribution in [2.75, 3.05) is 19.7 Å². The number of carbonyl (C=O) groups excluding carboxylic acids is 2. The zero-order chi connectivity index (χ0) is 20.0. The molecule has 0 saturated carbocycles. The van der Waals surface area contributed by atoms with Crippen molar-refractivity contribution >= 4 is 21.9 Å². The lowest BCUT2D eigenvalue weighted by Crippen LogP contribution is -2.39. The number of esters is 1. The third-order valence-corrected chi connectivity index (χ3v) is 6.72. The van der Waals surface area contributed by atoms with Crippen molar-refractivity contribution in [3.8, 4) is 0 Å². The van der Waals surface area contributed by atoms with Gasteiger partial charge in [-0.25, -0.2) is 13.2 Å². The molecule has 0 bridgehead atoms. The van der Waals surface area contributed by atoms with Crippen LogP contribution in [0.1, 0.15) is 50.4 Å². The fraction of sp³-hybridized carbons (Fsp3) is 0.579. The summed E-state index contributed by atoms with van der Waals surface area (Å²) in [5, 5.41) is 2.74. The quantitative estimate of drug-likeness (QED) is 0.713. The molecule has 1 aliphatic heterocycles. The van der Waals surface area contributed by atoms with Gasteiger partial charge in [0.2, 0.25) is 10.0 Å². The maximum atomic E-state index is 12.9. The van der Waals surface area contributed by atoms with Crippen LogP contribution in [0.3, 0.4) is 0 Å². The number of ether oxygens (including phenoxy) is 1. The van der Waals surface area contributed by atoms with Crippen molar-refractivity contribution < 1.29 is 22.7 Å². The van der Waals surface area contributed by atoms with Gasteiger partial charge in [0.1, 0.15) is 0 Å². The first-order valence-corrected chi connectivity index (χ1v) is 10.7. The van der Waals surface area contributed by atoms with Gasteiger partial charge in [-0.3, -0.25) is 4.79 Å². The topological polar surface area (TPSA) is 92.8 Å². The molecule has 2 rings (SSSR count). The van der Waals surface area contributed by atoms with Crippen LogP contribution in [0.25, 0.3) is 0 Å². The summed E-state index contributed by atoms with van der Waals surface area (Å²) in [7, 11) is -3.77. The number of nitrogens with one attached hydrogen (secondary N) is 1. The minimum Gasteiger partial charge on any atom is -0.452 e. The van der Waals surface area contributed by atoms with E-state index in [9.17, 15) is 18.0 Å². The maximum absolute atomic E-state index is 12.9. The van der Waals surface area contributed by atoms with Gasteiger partial charge in [0.05, 0.1) is 10.5 Å². The van der Waals surface area contributed by atoms with Crippen molar-refractivity contribution in [1.82, 2.24) is 9.62 Å². The number of rotatable bonds is 7. The Morgan fingerprint density at radius 2 is 1.74 bits per heavy atom. The molecule has 150 valence electrons. The van der Waals surface area contributed by atoms with E-state index in [0.29, 0.717) is 13.1 Å². The number of amides is 1. The van der Waals surface area contributed by atoms with Crippen molar-refractivity contribution in [2.45, 2.75) is 51.0 Å². The third kappa shape index (κ3) is 5.52. The van der Waals surface area contributed by atoms with Crippen LogP contribution in [0.4, 0.5) is 0 Å². The lowest BCUT2D eigenvalue weighted by atomic mass is 10.1. The highest BCUT2D eigenvalue weighted by Crippen LogP contribution is 2.24. The monoisotopic (exact) mass is 396 g/mol. The number of benzene rings is 1. The largest absolute Gasteiger partial charge is 0.452 e. The van der Waals surface area contributed by atoms with Crippen LogP contribution < -0.4 is 5.32 Å². The molecule has 27 heavy (non-hydrogen) atoms. The minimum atomic E-state index is -3.77. The summed E-state index contributed by atoms with van der Waals surface area (Å²) in [6.45, 7) is 6.25. The molecule has 1 N–H and O–H groups in total. The second-order valence-electron chi connectivity index (χ2n) is 7.14. The van der Waals surface area contributed by atoms with Crippen LogP contribution in [0, 0.1) is 5.92 Å². The van der Waals surface area contributed by atoms with E-state index in [2.05, 4.69) is 5.32 Å². The Kier molecular flexibility index (Phi) is 7.38. The van der Waals surface area contributed by atoms with Crippen molar-refractivity contribution in [3.63, 3.8) is 0 Å². The molecule has 1 unspecified atom stereocenters. The molecule has 1 saturated heterocycles. The van der Waals surface area contributed by atoms with Gasteiger partial charge in [-0.05, 0) is 37.8 Å². The second kappa shape index (κ2) is 9.32. The smallest absolute Gasteiger partial charge is 0.340 e. The van der Waals surface area contributed by atoms with Gasteiger partial charge >= 0.3 is 5.97 Å². The second-order valence-corrected chi connectivity index (χ2v) is 9.04. The van der Waals surface area contributed by atoms with E-state index in [4.69, 9.17) is 4.74 Å². The van der Waals surface area contributed by atoms with Crippen molar-refractivity contribution in [2.24, 2.45) is 5.92 Å². The third-order valence-electron chi connectivity index (χ3n) is 4.76. The summed E-state index contributed by atoms with van der Waals surface area (Å²) in [5.74, 6) is -0.987. The van der Waals surface area contributed by atoms with Gasteiger partial charge in [0, 0.05) is 19.1 Å². The minimum absolute atomic E-state index is 0.0484. The first kappa shape index (κ1) is 21.4. The number of nitrogens with zero attached hydrogens (tertiary/aromatic N) is 1. The molecule has 1 fully saturated rings. The molecule has 7 nitrogen and oxygen atoms in total. The molecule has 1 atom stereocenters. The average molecular weight is 397 g/mol. The van der Waals surface area contributed by atoms with E-state index >= 15 is 0 Å². The molecule has 1 aromatic carbocycles. The summed E-state index contributed by atoms with van der Waals surface area (Å²) in [6, 6.07) is 5.91. The molecule has 8 heteroatoms. The molecular weight excluding hydrogens is 368 g/mol. The highest BCUT2D eigenvalue weighted by molar-refractivity contribution is 7.89. The van der Waals surface area contributed by atoms with Gasteiger partial charge < -0.3 is 10.1 Å². The maximum Gasteiger partial charge on any atom is 0.340 e. The molecule has 0 spiro atoms. The number of sulfonamides is 1. The van der Waals surface area contributed by atoms with Gasteiger partial charge in [0.25, 0.3) is 5.91 Å². The van der Waals surface area contributed by atoms with E-state index < -0.39 is 28.5 Å². The predicted octanol–water partition coefficient (Wildman–Crippen LogP) is 2.18. The Bertz CT molecular complexity index is 770. The van der Waals surface area contributed by atoms with Gasteiger partial charge in [-0.1, -0.05) is 32.4 Å². The average Bonchev–Trinajstić information content (AvgIpc) is 2.66. The SMILES string of the molecule is CC(C)C(C)NC(=O)COC(=O)c1ccccc1S(=O)(=O)N1CCCCC1. The van der Waals surface area contributed by atoms with E-state index in [1.54, 1.807) is 12.1 Å². The standard InChI is InChI=1S/C19H28N2O5S/c1-14(2)15(3)20-18(22)13-26-19(23)16-9-5-6-10-17(16)27(24,25)21-11-7-4-8-12-21/h5-6,9-10,14-15H,4,7-8,11-13H2,1-3H3,(H,20,22). The van der Waals surface area contributed by atoms with Crippen LogP contribution in [-0.2, 0) is 19.6 Å². The molecule has 1 aliphatic rings. The molecule has 0 aliphatic carbocycles. The first-order chi connectivity index (χ1) is 12.7. The van der Waals surface area contributed by atoms with Crippen molar-refractivity contribution in [3.05, 3.63) is 29.8 Å². The van der Waals surface area contributed by atoms with Crippen LogP contribution in [0.15, 0.2) is 29.2 Å². The Morgan fingerprint density at radius 1 is 1.11 bits per heavy atom. The Morgan fingerprint density at radius 3 is 2.37 bits per heavy atom. The van der Waals surface area contributed by atoms with Gasteiger partial charge in [0.15, 0.2) is 6.61 Å². The number of hydrogen-bond donors (Lipinski definition) is 1. The summed E-state index contributed by atoms with van der Waals surface area (Å²) >= 11 is 0. The first-order valence-electron chi connectivity index (χ1n) is 9.29. The normalized spacial score (nSPS) is 16.7. The fourth-order valence-electron chi connectivity index (χ4n) is 2.78. The zero-order valence-electron chi connectivity index (χ0n) is 16.1. The highest BCUT2D eigenvalue weighted by Gasteiger charge is 2.30. The van der Waals surface area contributed by atoms with Crippen molar-refractivity contribution in [1.29, 1.82) is 0 Å². The molecular formula is C19H28N2O5S. The fourth-order valence-corrected chi connectivity index (χ4v) is 4.47. The van der Waals surface area contributed by atoms with Gasteiger partial charge in [-0.15, -0.1) is 0 Å². The van der Waals surface area contributed by atoms with E-state index in [-0.39, 0.29) is 22.4 Å². The molecule has 1 aromatic rings.